The van der Waals surface area contributed by atoms with E-state index in [1.54, 1.807) is 26.0 Å². The van der Waals surface area contributed by atoms with Crippen molar-refractivity contribution in [1.29, 1.82) is 0 Å². The number of carbonyl (C=O) groups excluding carboxylic acids is 2. The number of carboxylic acids is 1. The number of aliphatic carboxylic acids is 1. The number of hydrogen-bond donors (Lipinski definition) is 1. The Morgan fingerprint density at radius 1 is 1.09 bits per heavy atom. The minimum Gasteiger partial charge on any atom is -0.478 e. The Balaban J connectivity index is 0. The lowest BCUT2D eigenvalue weighted by Crippen LogP contribution is -2.05. The Bertz CT molecular complexity index is 446. The standard InChI is InChI=1S/C10H14O2.C6H8O4/c1-4-6-7-8-9(3)10(11)12-5-2;1-2-10-6(9)4-3-5(7)8/h4,6-7H,1,3,5,8H2,2H3;3-4H,2H2,1H3,(H,7,8). The van der Waals surface area contributed by atoms with E-state index in [1.807, 2.05) is 6.08 Å². The van der Waals surface area contributed by atoms with Crippen LogP contribution in [0.3, 0.4) is 0 Å². The third kappa shape index (κ3) is 15.4. The third-order valence-electron chi connectivity index (χ3n) is 1.85. The van der Waals surface area contributed by atoms with Crippen LogP contribution in [0, 0.1) is 0 Å². The SMILES string of the molecule is C=CC=CCC(=C)C(=O)OCC.CCOC(=O)C=CC(=O)O. The second-order valence-electron chi connectivity index (χ2n) is 3.62. The zero-order valence-electron chi connectivity index (χ0n) is 12.9. The lowest BCUT2D eigenvalue weighted by Gasteiger charge is -2.00. The van der Waals surface area contributed by atoms with Crippen molar-refractivity contribution in [2.24, 2.45) is 0 Å². The average molecular weight is 310 g/mol. The van der Waals surface area contributed by atoms with Gasteiger partial charge in [0.1, 0.15) is 0 Å². The minimum absolute atomic E-state index is 0.253. The van der Waals surface area contributed by atoms with Gasteiger partial charge in [-0.05, 0) is 20.3 Å². The zero-order valence-corrected chi connectivity index (χ0v) is 12.9. The van der Waals surface area contributed by atoms with Crippen molar-refractivity contribution in [3.8, 4) is 0 Å². The molecule has 0 rings (SSSR count). The molecule has 0 saturated heterocycles. The first-order valence-electron chi connectivity index (χ1n) is 6.59. The highest BCUT2D eigenvalue weighted by molar-refractivity contribution is 5.90. The second-order valence-corrected chi connectivity index (χ2v) is 3.62. The molecule has 0 aromatic heterocycles. The number of ether oxygens (including phenoxy) is 2. The number of carboxylic acid groups (broad SMARTS) is 1. The van der Waals surface area contributed by atoms with E-state index in [1.165, 1.54) is 0 Å². The summed E-state index contributed by atoms with van der Waals surface area (Å²) in [6.07, 6.45) is 7.35. The number of carbonyl (C=O) groups is 3. The van der Waals surface area contributed by atoms with Gasteiger partial charge in [0.25, 0.3) is 0 Å². The molecule has 0 unspecified atom stereocenters. The molecule has 6 nitrogen and oxygen atoms in total. The van der Waals surface area contributed by atoms with Gasteiger partial charge in [0.2, 0.25) is 0 Å². The van der Waals surface area contributed by atoms with Gasteiger partial charge in [-0.3, -0.25) is 0 Å². The summed E-state index contributed by atoms with van der Waals surface area (Å²) < 4.78 is 9.14. The van der Waals surface area contributed by atoms with Gasteiger partial charge >= 0.3 is 17.9 Å². The van der Waals surface area contributed by atoms with E-state index in [4.69, 9.17) is 9.84 Å². The fourth-order valence-electron chi connectivity index (χ4n) is 0.953. The molecule has 1 N–H and O–H groups in total. The Morgan fingerprint density at radius 2 is 1.68 bits per heavy atom. The molecule has 0 aliphatic heterocycles. The molecule has 0 heterocycles. The molecular formula is C16H22O6. The molecular weight excluding hydrogens is 288 g/mol. The van der Waals surface area contributed by atoms with Crippen molar-refractivity contribution in [2.75, 3.05) is 13.2 Å². The molecule has 0 atom stereocenters. The van der Waals surface area contributed by atoms with Crippen molar-refractivity contribution in [3.63, 3.8) is 0 Å². The van der Waals surface area contributed by atoms with E-state index in [0.717, 1.165) is 12.2 Å². The quantitative estimate of drug-likeness (QED) is 0.421. The van der Waals surface area contributed by atoms with Crippen molar-refractivity contribution in [1.82, 2.24) is 0 Å². The smallest absolute Gasteiger partial charge is 0.333 e. The topological polar surface area (TPSA) is 89.9 Å². The van der Waals surface area contributed by atoms with Crippen LogP contribution in [0.25, 0.3) is 0 Å². The Morgan fingerprint density at radius 3 is 2.14 bits per heavy atom. The fraction of sp³-hybridized carbons (Fsp3) is 0.312. The summed E-state index contributed by atoms with van der Waals surface area (Å²) in [5.41, 5.74) is 0.468. The highest BCUT2D eigenvalue weighted by Gasteiger charge is 2.04. The van der Waals surface area contributed by atoms with Crippen molar-refractivity contribution < 1.29 is 29.0 Å². The molecule has 0 aromatic rings. The van der Waals surface area contributed by atoms with Crippen LogP contribution in [0.4, 0.5) is 0 Å². The summed E-state index contributed by atoms with van der Waals surface area (Å²) in [5, 5.41) is 8.04. The van der Waals surface area contributed by atoms with Crippen LogP contribution in [0.5, 0.6) is 0 Å². The molecule has 0 spiro atoms. The predicted octanol–water partition coefficient (Wildman–Crippen LogP) is 2.43. The van der Waals surface area contributed by atoms with Crippen LogP contribution in [-0.4, -0.2) is 36.2 Å². The zero-order chi connectivity index (χ0) is 17.4. The van der Waals surface area contributed by atoms with Crippen LogP contribution in [0.2, 0.25) is 0 Å². The number of allylic oxidation sites excluding steroid dienone is 3. The Labute approximate surface area is 130 Å². The molecule has 0 aromatic carbocycles. The molecule has 0 bridgehead atoms. The average Bonchev–Trinajstić information content (AvgIpc) is 2.46. The summed E-state index contributed by atoms with van der Waals surface area (Å²) in [7, 11) is 0. The van der Waals surface area contributed by atoms with Gasteiger partial charge in [0.15, 0.2) is 0 Å². The molecule has 0 aliphatic rings. The van der Waals surface area contributed by atoms with Gasteiger partial charge in [-0.1, -0.05) is 31.4 Å². The highest BCUT2D eigenvalue weighted by Crippen LogP contribution is 2.01. The van der Waals surface area contributed by atoms with Gasteiger partial charge in [0.05, 0.1) is 13.2 Å². The van der Waals surface area contributed by atoms with Crippen LogP contribution in [0.1, 0.15) is 20.3 Å². The first-order valence-corrected chi connectivity index (χ1v) is 6.59. The summed E-state index contributed by atoms with van der Waals surface area (Å²) in [4.78, 5) is 31.1. The number of hydrogen-bond acceptors (Lipinski definition) is 5. The molecule has 0 radical (unpaired) electrons. The number of esters is 2. The number of rotatable bonds is 8. The Kier molecular flexibility index (Phi) is 14.5. The largest absolute Gasteiger partial charge is 0.478 e. The maximum absolute atomic E-state index is 11.0. The first kappa shape index (κ1) is 21.7. The fourth-order valence-corrected chi connectivity index (χ4v) is 0.953. The maximum Gasteiger partial charge on any atom is 0.333 e. The van der Waals surface area contributed by atoms with Gasteiger partial charge in [-0.2, -0.15) is 0 Å². The molecule has 22 heavy (non-hydrogen) atoms. The van der Waals surface area contributed by atoms with E-state index in [2.05, 4.69) is 17.9 Å². The predicted molar refractivity (Wildman–Crippen MR) is 83.1 cm³/mol. The molecule has 6 heteroatoms. The van der Waals surface area contributed by atoms with Crippen LogP contribution in [0.15, 0.2) is 49.1 Å². The van der Waals surface area contributed by atoms with Gasteiger partial charge < -0.3 is 14.6 Å². The minimum atomic E-state index is -1.16. The van der Waals surface area contributed by atoms with Crippen molar-refractivity contribution >= 4 is 17.9 Å². The Hall–Kier alpha value is -2.63. The van der Waals surface area contributed by atoms with E-state index in [-0.39, 0.29) is 12.6 Å². The monoisotopic (exact) mass is 310 g/mol. The van der Waals surface area contributed by atoms with E-state index < -0.39 is 11.9 Å². The molecule has 122 valence electrons. The van der Waals surface area contributed by atoms with E-state index in [9.17, 15) is 14.4 Å². The maximum atomic E-state index is 11.0. The molecule has 0 amide bonds. The van der Waals surface area contributed by atoms with E-state index >= 15 is 0 Å². The third-order valence-corrected chi connectivity index (χ3v) is 1.85. The lowest BCUT2D eigenvalue weighted by atomic mass is 10.2. The van der Waals surface area contributed by atoms with Gasteiger partial charge in [0, 0.05) is 17.7 Å². The summed E-state index contributed by atoms with van der Waals surface area (Å²) in [6.45, 7) is 11.1. The summed E-state index contributed by atoms with van der Waals surface area (Å²) in [6, 6.07) is 0. The van der Waals surface area contributed by atoms with Crippen molar-refractivity contribution in [2.45, 2.75) is 20.3 Å². The van der Waals surface area contributed by atoms with Gasteiger partial charge in [-0.25, -0.2) is 14.4 Å². The summed E-state index contributed by atoms with van der Waals surface area (Å²) >= 11 is 0. The van der Waals surface area contributed by atoms with Crippen molar-refractivity contribution in [3.05, 3.63) is 49.1 Å². The molecule has 0 saturated carbocycles. The van der Waals surface area contributed by atoms with E-state index in [0.29, 0.717) is 18.6 Å². The van der Waals surface area contributed by atoms with Crippen LogP contribution >= 0.6 is 0 Å². The normalized spacial score (nSPS) is 9.73. The second kappa shape index (κ2) is 14.8. The highest BCUT2D eigenvalue weighted by atomic mass is 16.5. The van der Waals surface area contributed by atoms with Crippen LogP contribution in [-0.2, 0) is 23.9 Å². The summed E-state index contributed by atoms with van der Waals surface area (Å²) in [5.74, 6) is -2.12. The lowest BCUT2D eigenvalue weighted by molar-refractivity contribution is -0.139. The van der Waals surface area contributed by atoms with Gasteiger partial charge in [-0.15, -0.1) is 0 Å². The van der Waals surface area contributed by atoms with Crippen LogP contribution < -0.4 is 0 Å². The first-order chi connectivity index (χ1) is 10.4. The molecule has 0 fully saturated rings. The molecule has 0 aliphatic carbocycles.